The highest BCUT2D eigenvalue weighted by Gasteiger charge is 2.21. The maximum Gasteiger partial charge on any atom is 0.0959 e. The summed E-state index contributed by atoms with van der Waals surface area (Å²) < 4.78 is 0. The van der Waals surface area contributed by atoms with Crippen LogP contribution in [0.15, 0.2) is 5.38 Å². The Bertz CT molecular complexity index is 356. The second-order valence-electron chi connectivity index (χ2n) is 4.47. The van der Waals surface area contributed by atoms with Crippen molar-refractivity contribution in [1.29, 1.82) is 5.26 Å². The number of nitriles is 1. The molecule has 0 N–H and O–H groups in total. The van der Waals surface area contributed by atoms with Gasteiger partial charge in [0.05, 0.1) is 23.2 Å². The van der Waals surface area contributed by atoms with Gasteiger partial charge in [0, 0.05) is 11.3 Å². The summed E-state index contributed by atoms with van der Waals surface area (Å²) in [7, 11) is 0. The minimum atomic E-state index is 0.458. The van der Waals surface area contributed by atoms with E-state index in [-0.39, 0.29) is 0 Å². The monoisotopic (exact) mass is 220 g/mol. The summed E-state index contributed by atoms with van der Waals surface area (Å²) in [4.78, 5) is 4.54. The van der Waals surface area contributed by atoms with Crippen LogP contribution in [0.25, 0.3) is 0 Å². The fourth-order valence-electron chi connectivity index (χ4n) is 2.18. The summed E-state index contributed by atoms with van der Waals surface area (Å²) in [6, 6.07) is 2.15. The molecule has 0 amide bonds. The first kappa shape index (κ1) is 10.6. The Morgan fingerprint density at radius 3 is 2.87 bits per heavy atom. The van der Waals surface area contributed by atoms with Gasteiger partial charge in [-0.15, -0.1) is 11.3 Å². The molecule has 1 aliphatic rings. The molecule has 80 valence electrons. The lowest BCUT2D eigenvalue weighted by atomic mass is 9.83. The number of nitrogens with zero attached hydrogens (tertiary/aromatic N) is 2. The summed E-state index contributed by atoms with van der Waals surface area (Å²) in [5.74, 6) is 1.55. The fraction of sp³-hybridized carbons (Fsp3) is 0.667. The van der Waals surface area contributed by atoms with Crippen molar-refractivity contribution in [2.45, 2.75) is 44.9 Å². The van der Waals surface area contributed by atoms with Crippen LogP contribution in [-0.4, -0.2) is 4.98 Å². The molecule has 2 rings (SSSR count). The van der Waals surface area contributed by atoms with E-state index in [2.05, 4.69) is 18.0 Å². The molecule has 1 heterocycles. The topological polar surface area (TPSA) is 36.7 Å². The van der Waals surface area contributed by atoms with Crippen molar-refractivity contribution < 1.29 is 0 Å². The van der Waals surface area contributed by atoms with Crippen molar-refractivity contribution in [2.75, 3.05) is 0 Å². The molecule has 0 unspecified atom stereocenters. The predicted molar refractivity (Wildman–Crippen MR) is 61.8 cm³/mol. The smallest absolute Gasteiger partial charge is 0.0959 e. The third-order valence-corrected chi connectivity index (χ3v) is 4.25. The van der Waals surface area contributed by atoms with Gasteiger partial charge in [-0.3, -0.25) is 0 Å². The summed E-state index contributed by atoms with van der Waals surface area (Å²) in [6.45, 7) is 2.33. The normalized spacial score (nSPS) is 26.1. The van der Waals surface area contributed by atoms with Crippen LogP contribution in [0.1, 0.15) is 49.2 Å². The van der Waals surface area contributed by atoms with E-state index >= 15 is 0 Å². The van der Waals surface area contributed by atoms with Gasteiger partial charge in [-0.25, -0.2) is 4.98 Å². The Labute approximate surface area is 95.0 Å². The molecule has 0 aromatic carbocycles. The van der Waals surface area contributed by atoms with Crippen molar-refractivity contribution in [3.63, 3.8) is 0 Å². The van der Waals surface area contributed by atoms with Crippen molar-refractivity contribution in [3.05, 3.63) is 16.1 Å². The molecule has 0 saturated heterocycles. The van der Waals surface area contributed by atoms with Crippen LogP contribution < -0.4 is 0 Å². The van der Waals surface area contributed by atoms with Crippen LogP contribution in [-0.2, 0) is 6.42 Å². The van der Waals surface area contributed by atoms with E-state index in [9.17, 15) is 0 Å². The molecule has 0 radical (unpaired) electrons. The third-order valence-electron chi connectivity index (χ3n) is 3.19. The maximum atomic E-state index is 8.59. The number of thiazole rings is 1. The molecule has 0 spiro atoms. The van der Waals surface area contributed by atoms with Crippen LogP contribution in [0, 0.1) is 17.2 Å². The minimum absolute atomic E-state index is 0.458. The predicted octanol–water partition coefficient (Wildman–Crippen LogP) is 3.50. The molecular formula is C12H16N2S. The molecule has 3 heteroatoms. The molecule has 1 aliphatic carbocycles. The Kier molecular flexibility index (Phi) is 3.37. The third kappa shape index (κ3) is 2.57. The van der Waals surface area contributed by atoms with E-state index in [0.29, 0.717) is 12.3 Å². The van der Waals surface area contributed by atoms with Crippen molar-refractivity contribution in [3.8, 4) is 6.07 Å². The standard InChI is InChI=1S/C12H16N2S/c1-9-2-4-10(5-3-9)12-14-11(6-7-13)8-15-12/h8-10H,2-6H2,1H3. The van der Waals surface area contributed by atoms with Gasteiger partial charge in [-0.05, 0) is 18.8 Å². The Morgan fingerprint density at radius 1 is 1.47 bits per heavy atom. The van der Waals surface area contributed by atoms with Crippen LogP contribution in [0.5, 0.6) is 0 Å². The van der Waals surface area contributed by atoms with Crippen LogP contribution in [0.4, 0.5) is 0 Å². The van der Waals surface area contributed by atoms with E-state index in [1.54, 1.807) is 11.3 Å². The largest absolute Gasteiger partial charge is 0.245 e. The number of hydrogen-bond donors (Lipinski definition) is 0. The maximum absolute atomic E-state index is 8.59. The Hall–Kier alpha value is -0.880. The molecule has 0 bridgehead atoms. The highest BCUT2D eigenvalue weighted by atomic mass is 32.1. The van der Waals surface area contributed by atoms with Gasteiger partial charge in [-0.1, -0.05) is 19.8 Å². The summed E-state index contributed by atoms with van der Waals surface area (Å²) in [5, 5.41) is 11.9. The zero-order valence-corrected chi connectivity index (χ0v) is 9.89. The number of rotatable bonds is 2. The van der Waals surface area contributed by atoms with Crippen LogP contribution in [0.3, 0.4) is 0 Å². The van der Waals surface area contributed by atoms with Crippen molar-refractivity contribution >= 4 is 11.3 Å². The van der Waals surface area contributed by atoms with Crippen molar-refractivity contribution in [2.24, 2.45) is 5.92 Å². The second kappa shape index (κ2) is 4.76. The molecule has 1 aromatic heterocycles. The van der Waals surface area contributed by atoms with Gasteiger partial charge in [0.1, 0.15) is 0 Å². The molecule has 1 saturated carbocycles. The first-order valence-corrected chi connectivity index (χ1v) is 6.49. The highest BCUT2D eigenvalue weighted by molar-refractivity contribution is 7.09. The van der Waals surface area contributed by atoms with E-state index in [1.807, 2.05) is 5.38 Å². The molecule has 0 aliphatic heterocycles. The van der Waals surface area contributed by atoms with Gasteiger partial charge in [-0.2, -0.15) is 5.26 Å². The van der Waals surface area contributed by atoms with Gasteiger partial charge < -0.3 is 0 Å². The number of aromatic nitrogens is 1. The van der Waals surface area contributed by atoms with E-state index in [1.165, 1.54) is 30.7 Å². The zero-order valence-electron chi connectivity index (χ0n) is 9.07. The van der Waals surface area contributed by atoms with Gasteiger partial charge in [0.2, 0.25) is 0 Å². The molecule has 15 heavy (non-hydrogen) atoms. The second-order valence-corrected chi connectivity index (χ2v) is 5.36. The van der Waals surface area contributed by atoms with E-state index < -0.39 is 0 Å². The zero-order chi connectivity index (χ0) is 10.7. The quantitative estimate of drug-likeness (QED) is 0.764. The van der Waals surface area contributed by atoms with E-state index in [0.717, 1.165) is 11.6 Å². The average Bonchev–Trinajstić information content (AvgIpc) is 2.68. The van der Waals surface area contributed by atoms with Gasteiger partial charge >= 0.3 is 0 Å². The minimum Gasteiger partial charge on any atom is -0.245 e. The lowest BCUT2D eigenvalue weighted by Gasteiger charge is -2.24. The molecule has 1 fully saturated rings. The SMILES string of the molecule is CC1CCC(c2nc(CC#N)cs2)CC1. The van der Waals surface area contributed by atoms with E-state index in [4.69, 9.17) is 5.26 Å². The average molecular weight is 220 g/mol. The van der Waals surface area contributed by atoms with Gasteiger partial charge in [0.25, 0.3) is 0 Å². The van der Waals surface area contributed by atoms with Crippen LogP contribution in [0.2, 0.25) is 0 Å². The van der Waals surface area contributed by atoms with Crippen LogP contribution >= 0.6 is 11.3 Å². The summed E-state index contributed by atoms with van der Waals surface area (Å²) in [5.41, 5.74) is 0.955. The first-order valence-electron chi connectivity index (χ1n) is 5.61. The Morgan fingerprint density at radius 2 is 2.20 bits per heavy atom. The first-order chi connectivity index (χ1) is 7.29. The number of hydrogen-bond acceptors (Lipinski definition) is 3. The molecule has 1 aromatic rings. The lowest BCUT2D eigenvalue weighted by molar-refractivity contribution is 0.347. The Balaban J connectivity index is 2.00. The molecule has 2 nitrogen and oxygen atoms in total. The van der Waals surface area contributed by atoms with Crippen molar-refractivity contribution in [1.82, 2.24) is 4.98 Å². The fourth-order valence-corrected chi connectivity index (χ4v) is 3.17. The molecular weight excluding hydrogens is 204 g/mol. The lowest BCUT2D eigenvalue weighted by Crippen LogP contribution is -2.10. The highest BCUT2D eigenvalue weighted by Crippen LogP contribution is 2.36. The van der Waals surface area contributed by atoms with Gasteiger partial charge in [0.15, 0.2) is 0 Å². The summed E-state index contributed by atoms with van der Waals surface area (Å²) >= 11 is 1.74. The molecule has 0 atom stereocenters. The summed E-state index contributed by atoms with van der Waals surface area (Å²) in [6.07, 6.45) is 5.68.